The second-order valence-electron chi connectivity index (χ2n) is 12.9. The second kappa shape index (κ2) is 7.95. The molecule has 0 amide bonds. The van der Waals surface area contributed by atoms with Crippen LogP contribution in [-0.4, -0.2) is 16.9 Å². The van der Waals surface area contributed by atoms with Crippen LogP contribution in [0.4, 0.5) is 0 Å². The van der Waals surface area contributed by atoms with Crippen LogP contribution in [0.2, 0.25) is 0 Å². The molecule has 182 valence electrons. The van der Waals surface area contributed by atoms with Gasteiger partial charge in [0.05, 0.1) is 0 Å². The molecule has 0 aromatic heterocycles. The van der Waals surface area contributed by atoms with Crippen molar-refractivity contribution in [3.8, 4) is 0 Å². The van der Waals surface area contributed by atoms with Crippen molar-refractivity contribution < 1.29 is 14.7 Å². The summed E-state index contributed by atoms with van der Waals surface area (Å²) < 4.78 is 0. The highest BCUT2D eigenvalue weighted by atomic mass is 16.4. The molecule has 0 saturated heterocycles. The number of hydrogen-bond acceptors (Lipinski definition) is 2. The van der Waals surface area contributed by atoms with Crippen molar-refractivity contribution in [2.45, 2.75) is 99.8 Å². The first kappa shape index (κ1) is 24.5. The topological polar surface area (TPSA) is 54.4 Å². The van der Waals surface area contributed by atoms with Crippen LogP contribution in [0.25, 0.3) is 0 Å². The van der Waals surface area contributed by atoms with Crippen molar-refractivity contribution in [2.24, 2.45) is 39.4 Å². The van der Waals surface area contributed by atoms with Gasteiger partial charge in [0.2, 0.25) is 0 Å². The monoisotopic (exact) mass is 452 g/mol. The van der Waals surface area contributed by atoms with Gasteiger partial charge in [0.15, 0.2) is 0 Å². The van der Waals surface area contributed by atoms with Gasteiger partial charge >= 0.3 is 5.97 Å². The summed E-state index contributed by atoms with van der Waals surface area (Å²) in [6.07, 6.45) is 15.2. The Bertz CT molecular complexity index is 950. The minimum atomic E-state index is -0.809. The average molecular weight is 453 g/mol. The molecule has 0 aromatic rings. The van der Waals surface area contributed by atoms with E-state index < -0.39 is 5.97 Å². The largest absolute Gasteiger partial charge is 0.478 e. The predicted molar refractivity (Wildman–Crippen MR) is 134 cm³/mol. The third kappa shape index (κ3) is 3.43. The zero-order chi connectivity index (χ0) is 24.4. The Morgan fingerprint density at radius 3 is 2.52 bits per heavy atom. The van der Waals surface area contributed by atoms with E-state index in [2.05, 4.69) is 53.7 Å². The summed E-state index contributed by atoms with van der Waals surface area (Å²) in [4.78, 5) is 23.9. The lowest BCUT2D eigenvalue weighted by molar-refractivity contribution is -0.138. The van der Waals surface area contributed by atoms with E-state index in [1.807, 2.05) is 6.08 Å². The smallest absolute Gasteiger partial charge is 0.330 e. The predicted octanol–water partition coefficient (Wildman–Crippen LogP) is 7.53. The first-order valence-corrected chi connectivity index (χ1v) is 13.1. The first-order valence-electron chi connectivity index (χ1n) is 13.1. The van der Waals surface area contributed by atoms with Gasteiger partial charge in [-0.2, -0.15) is 0 Å². The lowest BCUT2D eigenvalue weighted by Crippen LogP contribution is -2.53. The maximum Gasteiger partial charge on any atom is 0.330 e. The fourth-order valence-corrected chi connectivity index (χ4v) is 8.61. The summed E-state index contributed by atoms with van der Waals surface area (Å²) in [5.74, 6) is 1.25. The first-order chi connectivity index (χ1) is 15.3. The van der Waals surface area contributed by atoms with Gasteiger partial charge in [0.1, 0.15) is 5.78 Å². The van der Waals surface area contributed by atoms with Gasteiger partial charge < -0.3 is 5.11 Å². The molecule has 1 N–H and O–H groups in total. The summed E-state index contributed by atoms with van der Waals surface area (Å²) in [5.41, 5.74) is 3.89. The van der Waals surface area contributed by atoms with Crippen molar-refractivity contribution in [3.63, 3.8) is 0 Å². The van der Waals surface area contributed by atoms with Crippen LogP contribution in [0.3, 0.4) is 0 Å². The average Bonchev–Trinajstić information content (AvgIpc) is 3.02. The van der Waals surface area contributed by atoms with E-state index in [1.54, 1.807) is 18.1 Å². The molecule has 0 bridgehead atoms. The number of hydrogen-bond donors (Lipinski definition) is 1. The van der Waals surface area contributed by atoms with Crippen molar-refractivity contribution in [1.29, 1.82) is 0 Å². The SMILES string of the molecule is CC(=CCCC(C)C1CCC2(C)C3=CCC4C(C)(C)C(=O)CCC4(C)C3=CCC12C)C(=O)O. The van der Waals surface area contributed by atoms with Gasteiger partial charge in [0, 0.05) is 17.4 Å². The van der Waals surface area contributed by atoms with Gasteiger partial charge in [0.25, 0.3) is 0 Å². The van der Waals surface area contributed by atoms with Gasteiger partial charge in [-0.1, -0.05) is 59.8 Å². The lowest BCUT2D eigenvalue weighted by Gasteiger charge is -2.59. The molecular weight excluding hydrogens is 408 g/mol. The second-order valence-corrected chi connectivity index (χ2v) is 12.9. The number of allylic oxidation sites excluding steroid dienone is 5. The normalized spacial score (nSPS) is 40.8. The Morgan fingerprint density at radius 2 is 1.85 bits per heavy atom. The van der Waals surface area contributed by atoms with Crippen molar-refractivity contribution >= 4 is 11.8 Å². The summed E-state index contributed by atoms with van der Waals surface area (Å²) in [7, 11) is 0. The Morgan fingerprint density at radius 1 is 1.15 bits per heavy atom. The molecule has 33 heavy (non-hydrogen) atoms. The summed E-state index contributed by atoms with van der Waals surface area (Å²) in [6.45, 7) is 15.9. The van der Waals surface area contributed by atoms with Gasteiger partial charge in [-0.05, 0) is 97.0 Å². The van der Waals surface area contributed by atoms with E-state index in [9.17, 15) is 9.59 Å². The number of aliphatic carboxylic acids is 1. The molecule has 3 nitrogen and oxygen atoms in total. The number of carboxylic acids is 1. The fraction of sp³-hybridized carbons (Fsp3) is 0.733. The minimum Gasteiger partial charge on any atom is -0.478 e. The quantitative estimate of drug-likeness (QED) is 0.439. The maximum atomic E-state index is 12.8. The van der Waals surface area contributed by atoms with Crippen molar-refractivity contribution in [1.82, 2.24) is 0 Å². The van der Waals surface area contributed by atoms with Crippen LogP contribution in [0.5, 0.6) is 0 Å². The highest BCUT2D eigenvalue weighted by Gasteiger charge is 2.63. The van der Waals surface area contributed by atoms with Crippen molar-refractivity contribution in [3.05, 3.63) is 34.9 Å². The molecule has 0 heterocycles. The highest BCUT2D eigenvalue weighted by Crippen LogP contribution is 2.71. The molecule has 4 aliphatic carbocycles. The molecule has 4 rings (SSSR count). The highest BCUT2D eigenvalue weighted by molar-refractivity contribution is 5.86. The van der Waals surface area contributed by atoms with Gasteiger partial charge in [-0.3, -0.25) is 4.79 Å². The van der Waals surface area contributed by atoms with Crippen LogP contribution >= 0.6 is 0 Å². The number of carbonyl (C=O) groups is 2. The molecule has 2 fully saturated rings. The molecule has 0 aliphatic heterocycles. The number of fused-ring (bicyclic) bond motifs is 5. The zero-order valence-corrected chi connectivity index (χ0v) is 21.9. The number of carbonyl (C=O) groups excluding carboxylic acids is 1. The minimum absolute atomic E-state index is 0.106. The van der Waals surface area contributed by atoms with E-state index >= 15 is 0 Å². The summed E-state index contributed by atoms with van der Waals surface area (Å²) in [6, 6.07) is 0. The van der Waals surface area contributed by atoms with Crippen LogP contribution in [0.15, 0.2) is 34.9 Å². The number of rotatable bonds is 5. The Balaban J connectivity index is 1.62. The molecule has 6 unspecified atom stereocenters. The van der Waals surface area contributed by atoms with Gasteiger partial charge in [-0.15, -0.1) is 0 Å². The van der Waals surface area contributed by atoms with Crippen LogP contribution < -0.4 is 0 Å². The third-order valence-electron chi connectivity index (χ3n) is 11.1. The van der Waals surface area contributed by atoms with Crippen LogP contribution in [0, 0.1) is 39.4 Å². The molecule has 4 aliphatic rings. The van der Waals surface area contributed by atoms with Crippen molar-refractivity contribution in [2.75, 3.05) is 0 Å². The van der Waals surface area contributed by atoms with Gasteiger partial charge in [-0.25, -0.2) is 4.79 Å². The molecule has 0 radical (unpaired) electrons. The van der Waals surface area contributed by atoms with E-state index in [-0.39, 0.29) is 21.7 Å². The van der Waals surface area contributed by atoms with Crippen LogP contribution in [-0.2, 0) is 9.59 Å². The fourth-order valence-electron chi connectivity index (χ4n) is 8.61. The number of ketones is 1. The van der Waals surface area contributed by atoms with Crippen LogP contribution in [0.1, 0.15) is 99.8 Å². The Kier molecular flexibility index (Phi) is 5.90. The van der Waals surface area contributed by atoms with E-state index in [0.29, 0.717) is 35.5 Å². The molecule has 6 atom stereocenters. The number of carboxylic acid groups (broad SMARTS) is 1. The molecule has 0 spiro atoms. The summed E-state index contributed by atoms with van der Waals surface area (Å²) in [5, 5.41) is 9.15. The lowest BCUT2D eigenvalue weighted by atomic mass is 9.44. The maximum absolute atomic E-state index is 12.8. The standard InChI is InChI=1S/C30H44O3/c1-19(9-8-10-20(2)26(32)33)21-13-17-30(7)23-11-12-24-27(3,4)25(31)15-16-28(24,5)22(23)14-18-29(21,30)6/h10-11,14,19,21,24H,8-9,12-13,15-18H2,1-7H3,(H,32,33). The third-order valence-corrected chi connectivity index (χ3v) is 11.1. The Labute approximate surface area is 200 Å². The molecule has 3 heteroatoms. The summed E-state index contributed by atoms with van der Waals surface area (Å²) >= 11 is 0. The van der Waals surface area contributed by atoms with E-state index in [1.165, 1.54) is 12.8 Å². The van der Waals surface area contributed by atoms with E-state index in [0.717, 1.165) is 32.1 Å². The molecule has 0 aromatic carbocycles. The number of Topliss-reactive ketones (excluding diaryl/α,β-unsaturated/α-hetero) is 1. The molecular formula is C30H44O3. The zero-order valence-electron chi connectivity index (χ0n) is 21.9. The van der Waals surface area contributed by atoms with E-state index in [4.69, 9.17) is 5.11 Å². The molecule has 2 saturated carbocycles. The Hall–Kier alpha value is -1.64.